The molecule has 2 fully saturated rings. The van der Waals surface area contributed by atoms with Gasteiger partial charge in [0.2, 0.25) is 31.3 Å². The third-order valence-electron chi connectivity index (χ3n) is 10.6. The van der Waals surface area contributed by atoms with Crippen molar-refractivity contribution in [1.82, 2.24) is 15.1 Å². The number of nitrogens with zero attached hydrogens (tertiary/aromatic N) is 3. The quantitative estimate of drug-likeness (QED) is 0.0805. The fourth-order valence-corrected chi connectivity index (χ4v) is 9.68. The number of anilines is 1. The molecular weight excluding hydrogens is 914 g/mol. The highest BCUT2D eigenvalue weighted by Gasteiger charge is 2.56. The minimum absolute atomic E-state index is 0.00795. The summed E-state index contributed by atoms with van der Waals surface area (Å²) in [5.41, 5.74) is -7.22. The second-order valence-electron chi connectivity index (χ2n) is 16.8. The van der Waals surface area contributed by atoms with Crippen molar-refractivity contribution in [3.05, 3.63) is 65.0 Å². The van der Waals surface area contributed by atoms with E-state index >= 15 is 8.78 Å². The first-order valence-electron chi connectivity index (χ1n) is 20.7. The number of carbonyl (C=O) groups is 6. The van der Waals surface area contributed by atoms with E-state index in [1.54, 1.807) is 31.3 Å². The molecular formula is C43H55F2N4O15PS. The molecule has 1 N–H and O–H groups in total. The van der Waals surface area contributed by atoms with Gasteiger partial charge in [-0.05, 0) is 82.7 Å². The van der Waals surface area contributed by atoms with E-state index in [0.29, 0.717) is 29.6 Å². The van der Waals surface area contributed by atoms with Gasteiger partial charge in [-0.15, -0.1) is 11.3 Å². The molecule has 362 valence electrons. The standard InChI is InChI=1S/C43H55F2N4O15PS/c1-27(50)48-19-18-31-15-16-33(38(53)47(6)30-12-10-9-11-13-30)49(31)37(52)32(22-48)46-36(51)35-21-28-20-29(14-17-34(28)66-35)43(44,45)65(56,61-25-59-39(54)63-41(2,3)23-57-7)62-26-60-40(55)64-42(4,5)24-58-8/h9-14,17,20-21,31-33H,15-16,18-19,22-26H2,1-8H3,(H,46,51)/t31-,32+,33+/m1/s1. The highest BCUT2D eigenvalue weighted by atomic mass is 32.1. The van der Waals surface area contributed by atoms with Crippen molar-refractivity contribution in [3.8, 4) is 0 Å². The topological polar surface area (TPSA) is 215 Å². The van der Waals surface area contributed by atoms with Gasteiger partial charge in [-0.2, -0.15) is 8.78 Å². The zero-order chi connectivity index (χ0) is 48.6. The van der Waals surface area contributed by atoms with Crippen molar-refractivity contribution in [3.63, 3.8) is 0 Å². The van der Waals surface area contributed by atoms with Crippen LogP contribution >= 0.6 is 18.9 Å². The van der Waals surface area contributed by atoms with Gasteiger partial charge < -0.3 is 48.4 Å². The summed E-state index contributed by atoms with van der Waals surface area (Å²) in [5, 5.41) is 2.80. The minimum Gasteiger partial charge on any atom is -0.426 e. The van der Waals surface area contributed by atoms with Gasteiger partial charge in [0.05, 0.1) is 18.1 Å². The van der Waals surface area contributed by atoms with Crippen LogP contribution in [-0.4, -0.2) is 136 Å². The van der Waals surface area contributed by atoms with Gasteiger partial charge in [-0.1, -0.05) is 24.3 Å². The van der Waals surface area contributed by atoms with Crippen LogP contribution in [0.5, 0.6) is 0 Å². The molecule has 2 saturated heterocycles. The molecule has 3 atom stereocenters. The lowest BCUT2D eigenvalue weighted by molar-refractivity contribution is -0.144. The number of benzene rings is 2. The third-order valence-corrected chi connectivity index (χ3v) is 13.6. The monoisotopic (exact) mass is 968 g/mol. The normalized spacial score (nSPS) is 18.2. The summed E-state index contributed by atoms with van der Waals surface area (Å²) in [6.45, 7) is 4.53. The number of carbonyl (C=O) groups excluding carboxylic acids is 6. The molecule has 0 bridgehead atoms. The van der Waals surface area contributed by atoms with Gasteiger partial charge in [0.1, 0.15) is 23.3 Å². The number of nitrogens with one attached hydrogen (secondary N) is 1. The number of fused-ring (bicyclic) bond motifs is 2. The maximum Gasteiger partial charge on any atom is 0.511 e. The number of hydrogen-bond acceptors (Lipinski definition) is 16. The van der Waals surface area contributed by atoms with Gasteiger partial charge >= 0.3 is 25.6 Å². The molecule has 0 aliphatic carbocycles. The Morgan fingerprint density at radius 1 is 0.864 bits per heavy atom. The Labute approximate surface area is 384 Å². The summed E-state index contributed by atoms with van der Waals surface area (Å²) in [5.74, 6) is -1.94. The first kappa shape index (κ1) is 51.7. The zero-order valence-electron chi connectivity index (χ0n) is 37.9. The molecule has 0 spiro atoms. The molecule has 19 nitrogen and oxygen atoms in total. The van der Waals surface area contributed by atoms with Gasteiger partial charge in [0, 0.05) is 63.3 Å². The van der Waals surface area contributed by atoms with Crippen LogP contribution in [0.1, 0.15) is 69.1 Å². The van der Waals surface area contributed by atoms with Crippen LogP contribution in [0.3, 0.4) is 0 Å². The van der Waals surface area contributed by atoms with E-state index in [4.69, 9.17) is 37.5 Å². The fraction of sp³-hybridized carbons (Fsp3) is 0.535. The molecule has 0 saturated carbocycles. The number of hydrogen-bond donors (Lipinski definition) is 1. The highest BCUT2D eigenvalue weighted by molar-refractivity contribution is 7.54. The van der Waals surface area contributed by atoms with Crippen LogP contribution in [0.2, 0.25) is 0 Å². The Balaban J connectivity index is 1.37. The summed E-state index contributed by atoms with van der Waals surface area (Å²) in [7, 11) is -1.46. The van der Waals surface area contributed by atoms with E-state index in [2.05, 4.69) is 5.32 Å². The van der Waals surface area contributed by atoms with Crippen LogP contribution in [0.4, 0.5) is 24.1 Å². The Hall–Kier alpha value is -5.25. The van der Waals surface area contributed by atoms with E-state index in [9.17, 15) is 33.3 Å². The number of likely N-dealkylation sites (N-methyl/N-ethyl adjacent to an activating group) is 1. The second-order valence-corrected chi connectivity index (χ2v) is 19.9. The van der Waals surface area contributed by atoms with E-state index in [1.165, 1.54) is 75.7 Å². The lowest BCUT2D eigenvalue weighted by Crippen LogP contribution is -2.61. The van der Waals surface area contributed by atoms with E-state index < -0.39 is 79.8 Å². The molecule has 4 amide bonds. The number of amides is 4. The lowest BCUT2D eigenvalue weighted by Gasteiger charge is -2.39. The predicted octanol–water partition coefficient (Wildman–Crippen LogP) is 6.62. The summed E-state index contributed by atoms with van der Waals surface area (Å²) < 4.78 is 86.8. The number of alkyl halides is 2. The molecule has 2 aliphatic heterocycles. The predicted molar refractivity (Wildman–Crippen MR) is 234 cm³/mol. The molecule has 3 aromatic rings. The number of rotatable bonds is 18. The van der Waals surface area contributed by atoms with Crippen molar-refractivity contribution in [2.24, 2.45) is 0 Å². The number of ether oxygens (including phenoxy) is 6. The molecule has 1 aromatic heterocycles. The Morgan fingerprint density at radius 2 is 1.45 bits per heavy atom. The van der Waals surface area contributed by atoms with Crippen molar-refractivity contribution in [2.75, 3.05) is 66.1 Å². The Bertz CT molecular complexity index is 2260. The van der Waals surface area contributed by atoms with E-state index in [-0.39, 0.29) is 54.4 Å². The number of halogens is 2. The maximum absolute atomic E-state index is 16.5. The van der Waals surface area contributed by atoms with Crippen molar-refractivity contribution in [1.29, 1.82) is 0 Å². The van der Waals surface area contributed by atoms with Crippen molar-refractivity contribution in [2.45, 2.75) is 88.9 Å². The highest BCUT2D eigenvalue weighted by Crippen LogP contribution is 2.67. The molecule has 0 unspecified atom stereocenters. The smallest absolute Gasteiger partial charge is 0.426 e. The molecule has 23 heteroatoms. The van der Waals surface area contributed by atoms with Crippen LogP contribution in [0, 0.1) is 0 Å². The largest absolute Gasteiger partial charge is 0.511 e. The summed E-state index contributed by atoms with van der Waals surface area (Å²) in [6, 6.07) is 10.8. The first-order chi connectivity index (χ1) is 31.0. The fourth-order valence-electron chi connectivity index (χ4n) is 7.49. The SMILES string of the molecule is COCC(C)(C)OC(=O)OCOP(=O)(OCOC(=O)OC(C)(C)COC)C(F)(F)c1ccc2sc(C(=O)N[C@H]3CN(C(C)=O)CC[C@H]4CC[C@@H](C(=O)N(C)c5ccccc5)N4C3=O)cc2c1. The summed E-state index contributed by atoms with van der Waals surface area (Å²) in [6.07, 6.45) is -1.45. The first-order valence-corrected chi connectivity index (χ1v) is 23.1. The molecule has 0 radical (unpaired) electrons. The van der Waals surface area contributed by atoms with Crippen molar-refractivity contribution >= 4 is 70.6 Å². The number of thiophene rings is 1. The van der Waals surface area contributed by atoms with Crippen molar-refractivity contribution < 1.29 is 79.6 Å². The van der Waals surface area contributed by atoms with E-state index in [0.717, 1.165) is 23.5 Å². The molecule has 66 heavy (non-hydrogen) atoms. The van der Waals surface area contributed by atoms with Crippen LogP contribution in [0.25, 0.3) is 10.1 Å². The van der Waals surface area contributed by atoms with Gasteiger partial charge in [0.25, 0.3) is 5.91 Å². The van der Waals surface area contributed by atoms with Crippen LogP contribution in [-0.2, 0) is 62.1 Å². The third kappa shape index (κ3) is 12.6. The average molecular weight is 969 g/mol. The van der Waals surface area contributed by atoms with Gasteiger partial charge in [-0.3, -0.25) is 32.8 Å². The van der Waals surface area contributed by atoms with Crippen LogP contribution in [0.15, 0.2) is 54.6 Å². The molecule has 3 heterocycles. The number of para-hydroxylation sites is 1. The minimum atomic E-state index is -5.80. The average Bonchev–Trinajstić information content (AvgIpc) is 3.87. The van der Waals surface area contributed by atoms with Gasteiger partial charge in [-0.25, -0.2) is 9.59 Å². The van der Waals surface area contributed by atoms with E-state index in [1.807, 2.05) is 6.07 Å². The zero-order valence-corrected chi connectivity index (χ0v) is 39.6. The Kier molecular flexibility index (Phi) is 16.9. The second kappa shape index (κ2) is 21.6. The maximum atomic E-state index is 16.5. The van der Waals surface area contributed by atoms with Crippen LogP contribution < -0.4 is 10.2 Å². The summed E-state index contributed by atoms with van der Waals surface area (Å²) >= 11 is 0.899. The Morgan fingerprint density at radius 3 is 2.02 bits per heavy atom. The lowest BCUT2D eigenvalue weighted by atomic mass is 10.1. The summed E-state index contributed by atoms with van der Waals surface area (Å²) in [4.78, 5) is 84.0. The molecule has 2 aromatic carbocycles. The molecule has 2 aliphatic rings. The number of methoxy groups -OCH3 is 2. The molecule has 5 rings (SSSR count). The van der Waals surface area contributed by atoms with Gasteiger partial charge in [0.15, 0.2) is 0 Å².